The molecule has 228 valence electrons. The number of benzene rings is 1. The van der Waals surface area contributed by atoms with Gasteiger partial charge in [0.25, 0.3) is 0 Å². The average Bonchev–Trinajstić information content (AvgIpc) is 3.20. The summed E-state index contributed by atoms with van der Waals surface area (Å²) >= 11 is 0. The van der Waals surface area contributed by atoms with Crippen LogP contribution in [0.2, 0.25) is 0 Å². The molecule has 0 spiro atoms. The summed E-state index contributed by atoms with van der Waals surface area (Å²) in [6.07, 6.45) is 15.3. The number of carboxylic acids is 1. The van der Waals surface area contributed by atoms with Gasteiger partial charge in [0.1, 0.15) is 11.7 Å². The van der Waals surface area contributed by atoms with Crippen molar-refractivity contribution in [2.24, 2.45) is 52.3 Å². The van der Waals surface area contributed by atoms with Crippen molar-refractivity contribution in [3.05, 3.63) is 23.8 Å². The van der Waals surface area contributed by atoms with Gasteiger partial charge in [0.2, 0.25) is 0 Å². The van der Waals surface area contributed by atoms with Crippen molar-refractivity contribution in [2.45, 2.75) is 125 Å². The van der Waals surface area contributed by atoms with E-state index in [1.165, 1.54) is 71.1 Å². The zero-order valence-corrected chi connectivity index (χ0v) is 26.4. The molecule has 4 fully saturated rings. The highest BCUT2D eigenvalue weighted by Gasteiger charge is 2.63. The molecule has 4 saturated carbocycles. The fraction of sp³-hybridized carbons (Fsp3) is 0.778. The van der Waals surface area contributed by atoms with Crippen molar-refractivity contribution in [3.63, 3.8) is 0 Å². The first-order valence-corrected chi connectivity index (χ1v) is 16.7. The maximum Gasteiger partial charge on any atom is 0.339 e. The molecule has 1 N–H and O–H groups in total. The molecule has 5 nitrogen and oxygen atoms in total. The lowest BCUT2D eigenvalue weighted by molar-refractivity contribution is -0.132. The van der Waals surface area contributed by atoms with Gasteiger partial charge < -0.3 is 14.6 Å². The Morgan fingerprint density at radius 2 is 1.76 bits per heavy atom. The molecular formula is C36H54O5. The molecular weight excluding hydrogens is 512 g/mol. The number of carbonyl (C=O) groups is 2. The van der Waals surface area contributed by atoms with E-state index in [9.17, 15) is 14.7 Å². The van der Waals surface area contributed by atoms with Crippen molar-refractivity contribution in [2.75, 3.05) is 0 Å². The van der Waals surface area contributed by atoms with E-state index < -0.39 is 11.9 Å². The fourth-order valence-electron chi connectivity index (χ4n) is 10.7. The Morgan fingerprint density at radius 1 is 0.976 bits per heavy atom. The Kier molecular flexibility index (Phi) is 8.84. The second-order valence-electron chi connectivity index (χ2n) is 15.2. The lowest BCUT2D eigenvalue weighted by Crippen LogP contribution is -2.53. The minimum atomic E-state index is -1.05. The first-order valence-electron chi connectivity index (χ1n) is 16.7. The van der Waals surface area contributed by atoms with Crippen LogP contribution < -0.4 is 9.47 Å². The molecule has 1 aromatic carbocycles. The molecule has 0 aliphatic heterocycles. The molecule has 5 heteroatoms. The van der Waals surface area contributed by atoms with Crippen molar-refractivity contribution >= 4 is 11.9 Å². The second-order valence-corrected chi connectivity index (χ2v) is 15.2. The van der Waals surface area contributed by atoms with Gasteiger partial charge in [0.05, 0.1) is 0 Å². The molecule has 0 aromatic heterocycles. The lowest BCUT2D eigenvalue weighted by atomic mass is 9.44. The number of carbonyl (C=O) groups excluding carboxylic acids is 1. The van der Waals surface area contributed by atoms with Crippen LogP contribution >= 0.6 is 0 Å². The van der Waals surface area contributed by atoms with E-state index in [1.807, 2.05) is 0 Å². The van der Waals surface area contributed by atoms with Crippen LogP contribution in [-0.2, 0) is 4.79 Å². The third-order valence-electron chi connectivity index (χ3n) is 12.5. The Balaban J connectivity index is 1.50. The van der Waals surface area contributed by atoms with E-state index in [-0.39, 0.29) is 28.6 Å². The van der Waals surface area contributed by atoms with Gasteiger partial charge in [-0.25, -0.2) is 4.79 Å². The first-order chi connectivity index (χ1) is 19.5. The Bertz CT molecular complexity index is 1110. The number of para-hydroxylation sites is 1. The monoisotopic (exact) mass is 566 g/mol. The fourth-order valence-corrected chi connectivity index (χ4v) is 10.7. The number of aromatic carboxylic acids is 1. The average molecular weight is 567 g/mol. The second kappa shape index (κ2) is 11.9. The molecule has 0 bridgehead atoms. The van der Waals surface area contributed by atoms with Crippen LogP contribution in [0, 0.1) is 52.3 Å². The summed E-state index contributed by atoms with van der Waals surface area (Å²) in [5.41, 5.74) is 0.710. The number of esters is 1. The predicted octanol–water partition coefficient (Wildman–Crippen LogP) is 9.18. The molecule has 0 saturated heterocycles. The van der Waals surface area contributed by atoms with E-state index in [0.29, 0.717) is 29.1 Å². The molecule has 4 aliphatic rings. The third-order valence-corrected chi connectivity index (χ3v) is 12.5. The van der Waals surface area contributed by atoms with Gasteiger partial charge in [-0.05, 0) is 103 Å². The highest BCUT2D eigenvalue weighted by molar-refractivity contribution is 5.92. The zero-order valence-electron chi connectivity index (χ0n) is 26.4. The molecule has 1 aromatic rings. The van der Waals surface area contributed by atoms with Crippen molar-refractivity contribution in [1.82, 2.24) is 0 Å². The number of fused-ring (bicyclic) bond motifs is 5. The molecule has 2 unspecified atom stereocenters. The molecule has 4 aliphatic carbocycles. The van der Waals surface area contributed by atoms with E-state index >= 15 is 0 Å². The van der Waals surface area contributed by atoms with E-state index in [4.69, 9.17) is 9.47 Å². The summed E-state index contributed by atoms with van der Waals surface area (Å²) < 4.78 is 12.4. The predicted molar refractivity (Wildman–Crippen MR) is 162 cm³/mol. The Morgan fingerprint density at radius 3 is 2.46 bits per heavy atom. The quantitative estimate of drug-likeness (QED) is 0.238. The maximum absolute atomic E-state index is 12.3. The van der Waals surface area contributed by atoms with Crippen LogP contribution in [0.5, 0.6) is 11.5 Å². The van der Waals surface area contributed by atoms with Crippen molar-refractivity contribution in [3.8, 4) is 11.5 Å². The number of rotatable bonds is 9. The SMILES string of the molecule is CC(=O)Oc1cccc(C(=O)O)c1OC1C[C@H]2[C@@H]3CCC4CCCC[C@]4(C)[C@H]3CC[C@]2(C)[C@H]1[C@H](C)CCCC(C)C. The van der Waals surface area contributed by atoms with Gasteiger partial charge in [-0.3, -0.25) is 4.79 Å². The molecule has 0 heterocycles. The number of hydrogen-bond donors (Lipinski definition) is 1. The van der Waals surface area contributed by atoms with Gasteiger partial charge in [-0.1, -0.05) is 72.8 Å². The van der Waals surface area contributed by atoms with E-state index in [2.05, 4.69) is 34.6 Å². The molecule has 5 rings (SSSR count). The highest BCUT2D eigenvalue weighted by Crippen LogP contribution is 2.69. The Hall–Kier alpha value is -2.04. The number of hydrogen-bond acceptors (Lipinski definition) is 4. The first kappa shape index (κ1) is 30.4. The largest absolute Gasteiger partial charge is 0.485 e. The van der Waals surface area contributed by atoms with Gasteiger partial charge in [-0.2, -0.15) is 0 Å². The van der Waals surface area contributed by atoms with Crippen LogP contribution in [0.25, 0.3) is 0 Å². The summed E-state index contributed by atoms with van der Waals surface area (Å²) in [6.45, 7) is 13.5. The van der Waals surface area contributed by atoms with E-state index in [1.54, 1.807) is 18.2 Å². The van der Waals surface area contributed by atoms with Crippen LogP contribution in [-0.4, -0.2) is 23.1 Å². The van der Waals surface area contributed by atoms with Crippen LogP contribution in [0.1, 0.15) is 129 Å². The normalized spacial score (nSPS) is 37.0. The summed E-state index contributed by atoms with van der Waals surface area (Å²) in [7, 11) is 0. The summed E-state index contributed by atoms with van der Waals surface area (Å²) in [5.74, 6) is 3.39. The highest BCUT2D eigenvalue weighted by atomic mass is 16.6. The lowest BCUT2D eigenvalue weighted by Gasteiger charge is -2.60. The maximum atomic E-state index is 12.3. The van der Waals surface area contributed by atoms with Crippen molar-refractivity contribution in [1.29, 1.82) is 0 Å². The molecule has 9 atom stereocenters. The summed E-state index contributed by atoms with van der Waals surface area (Å²) in [4.78, 5) is 24.3. The number of carboxylic acid groups (broad SMARTS) is 1. The number of ether oxygens (including phenoxy) is 2. The van der Waals surface area contributed by atoms with Crippen LogP contribution in [0.4, 0.5) is 0 Å². The molecule has 41 heavy (non-hydrogen) atoms. The molecule has 0 radical (unpaired) electrons. The smallest absolute Gasteiger partial charge is 0.339 e. The Labute approximate surface area is 248 Å². The van der Waals surface area contributed by atoms with Gasteiger partial charge in [0, 0.05) is 12.8 Å². The van der Waals surface area contributed by atoms with E-state index in [0.717, 1.165) is 30.6 Å². The topological polar surface area (TPSA) is 72.8 Å². The van der Waals surface area contributed by atoms with Crippen LogP contribution in [0.3, 0.4) is 0 Å². The summed E-state index contributed by atoms with van der Waals surface area (Å²) in [6, 6.07) is 4.86. The zero-order chi connectivity index (χ0) is 29.5. The minimum Gasteiger partial charge on any atom is -0.485 e. The minimum absolute atomic E-state index is 0.0723. The van der Waals surface area contributed by atoms with Gasteiger partial charge >= 0.3 is 11.9 Å². The van der Waals surface area contributed by atoms with Crippen molar-refractivity contribution < 1.29 is 24.2 Å². The molecule has 0 amide bonds. The van der Waals surface area contributed by atoms with Crippen LogP contribution in [0.15, 0.2) is 18.2 Å². The van der Waals surface area contributed by atoms with Gasteiger partial charge in [-0.15, -0.1) is 0 Å². The summed E-state index contributed by atoms with van der Waals surface area (Å²) in [5, 5.41) is 10.1. The van der Waals surface area contributed by atoms with Gasteiger partial charge in [0.15, 0.2) is 11.5 Å². The standard InChI is InChI=1S/C36H54O5/c1-22(2)11-9-12-23(3)32-31(41-33-27(34(38)39)14-10-15-30(33)40-24(4)37)21-29-26-17-16-25-13-7-8-19-35(25,5)28(26)18-20-36(29,32)6/h10,14-15,22-23,25-26,28-29,31-32H,7-9,11-13,16-21H2,1-6H3,(H,38,39)/t23-,25?,26-,28+,29+,31?,32+,35+,36+/m1/s1. The third kappa shape index (κ3) is 5.68.